The Balaban J connectivity index is 2.98. The van der Waals surface area contributed by atoms with Crippen molar-refractivity contribution < 1.29 is 37.0 Å². The lowest BCUT2D eigenvalue weighted by Gasteiger charge is -2.22. The van der Waals surface area contributed by atoms with E-state index >= 15 is 0 Å². The number of amides is 1. The zero-order valence-electron chi connectivity index (χ0n) is 14.1. The second kappa shape index (κ2) is 8.00. The molecule has 0 saturated carbocycles. The highest BCUT2D eigenvalue weighted by Gasteiger charge is 2.30. The average Bonchev–Trinajstić information content (AvgIpc) is 2.42. The van der Waals surface area contributed by atoms with Crippen molar-refractivity contribution in [2.45, 2.75) is 38.8 Å². The van der Waals surface area contributed by atoms with E-state index in [0.717, 1.165) is 7.11 Å². The summed E-state index contributed by atoms with van der Waals surface area (Å²) in [5.41, 5.74) is -1.92. The lowest BCUT2D eigenvalue weighted by atomic mass is 10.1. The first-order valence-electron chi connectivity index (χ1n) is 7.19. The molecule has 1 amide bonds. The molecule has 25 heavy (non-hydrogen) atoms. The Morgan fingerprint density at radius 1 is 1.12 bits per heavy atom. The minimum absolute atomic E-state index is 0.318. The normalized spacial score (nSPS) is 12.3. The number of methoxy groups -OCH3 is 1. The Bertz CT molecular complexity index is 662. The van der Waals surface area contributed by atoms with Crippen molar-refractivity contribution in [2.24, 2.45) is 0 Å². The summed E-state index contributed by atoms with van der Waals surface area (Å²) >= 11 is 0. The first-order valence-corrected chi connectivity index (χ1v) is 7.19. The van der Waals surface area contributed by atoms with E-state index in [1.807, 2.05) is 5.32 Å². The summed E-state index contributed by atoms with van der Waals surface area (Å²) in [6.07, 6.45) is -0.611. The van der Waals surface area contributed by atoms with Crippen LogP contribution in [0.5, 0.6) is 0 Å². The number of hydrogen-bond acceptors (Lipinski definition) is 5. The Hall–Kier alpha value is -2.58. The smallest absolute Gasteiger partial charge is 0.328 e. The van der Waals surface area contributed by atoms with Crippen LogP contribution in [-0.2, 0) is 19.1 Å². The van der Waals surface area contributed by atoms with E-state index in [2.05, 4.69) is 4.74 Å². The summed E-state index contributed by atoms with van der Waals surface area (Å²) in [5.74, 6) is -7.28. The van der Waals surface area contributed by atoms with Crippen molar-refractivity contribution in [3.05, 3.63) is 35.1 Å². The van der Waals surface area contributed by atoms with Gasteiger partial charge in [0.05, 0.1) is 13.5 Å². The fourth-order valence-corrected chi connectivity index (χ4v) is 1.87. The minimum atomic E-state index is -1.53. The van der Waals surface area contributed by atoms with Gasteiger partial charge in [-0.15, -0.1) is 0 Å². The van der Waals surface area contributed by atoms with Crippen molar-refractivity contribution in [3.8, 4) is 0 Å². The van der Waals surface area contributed by atoms with Crippen molar-refractivity contribution in [2.75, 3.05) is 7.11 Å². The molecule has 0 spiro atoms. The fourth-order valence-electron chi connectivity index (χ4n) is 1.87. The highest BCUT2D eigenvalue weighted by atomic mass is 19.1. The molecule has 0 fully saturated rings. The number of rotatable bonds is 5. The second-order valence-electron chi connectivity index (χ2n) is 6.08. The van der Waals surface area contributed by atoms with Crippen LogP contribution in [0.4, 0.5) is 13.2 Å². The number of nitrogens with one attached hydrogen (secondary N) is 1. The van der Waals surface area contributed by atoms with Crippen LogP contribution in [0.15, 0.2) is 12.1 Å². The molecule has 1 aromatic carbocycles. The van der Waals surface area contributed by atoms with Gasteiger partial charge in [-0.3, -0.25) is 9.59 Å². The molecule has 0 radical (unpaired) electrons. The molecule has 1 aromatic rings. The maximum atomic E-state index is 13.6. The molecular weight excluding hydrogens is 343 g/mol. The van der Waals surface area contributed by atoms with Gasteiger partial charge in [0.2, 0.25) is 0 Å². The molecule has 1 atom stereocenters. The van der Waals surface area contributed by atoms with Crippen LogP contribution in [0.25, 0.3) is 0 Å². The summed E-state index contributed by atoms with van der Waals surface area (Å²) in [7, 11) is 1.01. The molecule has 0 heterocycles. The predicted octanol–water partition coefficient (Wildman–Crippen LogP) is 2.11. The van der Waals surface area contributed by atoms with E-state index < -0.39 is 58.9 Å². The zero-order chi connectivity index (χ0) is 19.4. The van der Waals surface area contributed by atoms with Crippen molar-refractivity contribution >= 4 is 17.8 Å². The lowest BCUT2D eigenvalue weighted by Crippen LogP contribution is -2.44. The Kier molecular flexibility index (Phi) is 6.55. The first-order chi connectivity index (χ1) is 11.4. The number of hydrogen-bond donors (Lipinski definition) is 1. The van der Waals surface area contributed by atoms with Crippen LogP contribution in [0.2, 0.25) is 0 Å². The molecule has 0 unspecified atom stereocenters. The van der Waals surface area contributed by atoms with Crippen LogP contribution >= 0.6 is 0 Å². The Labute approximate surface area is 142 Å². The largest absolute Gasteiger partial charge is 0.467 e. The van der Waals surface area contributed by atoms with Gasteiger partial charge in [0.15, 0.2) is 0 Å². The molecule has 6 nitrogen and oxygen atoms in total. The summed E-state index contributed by atoms with van der Waals surface area (Å²) in [5, 5.41) is 1.99. The summed E-state index contributed by atoms with van der Waals surface area (Å²) in [6, 6.07) is -0.894. The van der Waals surface area contributed by atoms with Crippen molar-refractivity contribution in [1.29, 1.82) is 0 Å². The van der Waals surface area contributed by atoms with Gasteiger partial charge in [-0.1, -0.05) is 0 Å². The summed E-state index contributed by atoms with van der Waals surface area (Å²) < 4.78 is 49.6. The Morgan fingerprint density at radius 2 is 1.64 bits per heavy atom. The predicted molar refractivity (Wildman–Crippen MR) is 80.0 cm³/mol. The standard InChI is InChI=1S/C16H18F3NO5/c1-16(2,3)25-12(21)7-11(15(23)24-4)20-14(22)13-9(18)5-8(17)6-10(13)19/h5-6,11H,7H2,1-4H3,(H,20,22)/t11-/m0/s1. The lowest BCUT2D eigenvalue weighted by molar-refractivity contribution is -0.158. The van der Waals surface area contributed by atoms with Crippen molar-refractivity contribution in [3.63, 3.8) is 0 Å². The zero-order valence-corrected chi connectivity index (χ0v) is 14.1. The maximum absolute atomic E-state index is 13.6. The van der Waals surface area contributed by atoms with Gasteiger partial charge < -0.3 is 14.8 Å². The van der Waals surface area contributed by atoms with Gasteiger partial charge in [0.25, 0.3) is 5.91 Å². The van der Waals surface area contributed by atoms with Gasteiger partial charge in [-0.25, -0.2) is 18.0 Å². The average molecular weight is 361 g/mol. The molecule has 0 saturated heterocycles. The molecular formula is C16H18F3NO5. The summed E-state index contributed by atoms with van der Waals surface area (Å²) in [6.45, 7) is 4.79. The number of esters is 2. The highest BCUT2D eigenvalue weighted by Crippen LogP contribution is 2.16. The topological polar surface area (TPSA) is 81.7 Å². The third kappa shape index (κ3) is 6.09. The summed E-state index contributed by atoms with van der Waals surface area (Å²) in [4.78, 5) is 35.5. The fraction of sp³-hybridized carbons (Fsp3) is 0.438. The molecule has 1 rings (SSSR count). The monoisotopic (exact) mass is 361 g/mol. The van der Waals surface area contributed by atoms with Crippen LogP contribution in [0.3, 0.4) is 0 Å². The van der Waals surface area contributed by atoms with E-state index in [-0.39, 0.29) is 0 Å². The van der Waals surface area contributed by atoms with E-state index in [4.69, 9.17) is 4.74 Å². The number of ether oxygens (including phenoxy) is 2. The third-order valence-electron chi connectivity index (χ3n) is 2.82. The molecule has 0 aliphatic heterocycles. The molecule has 0 bridgehead atoms. The van der Waals surface area contributed by atoms with E-state index in [1.54, 1.807) is 20.8 Å². The minimum Gasteiger partial charge on any atom is -0.467 e. The van der Waals surface area contributed by atoms with E-state index in [9.17, 15) is 27.6 Å². The number of carbonyl (C=O) groups excluding carboxylic acids is 3. The molecule has 9 heteroatoms. The Morgan fingerprint density at radius 3 is 2.08 bits per heavy atom. The SMILES string of the molecule is COC(=O)[C@H](CC(=O)OC(C)(C)C)NC(=O)c1c(F)cc(F)cc1F. The number of halogens is 3. The number of carbonyl (C=O) groups is 3. The van der Waals surface area contributed by atoms with Gasteiger partial charge in [0.1, 0.15) is 34.7 Å². The molecule has 0 aromatic heterocycles. The van der Waals surface area contributed by atoms with Crippen LogP contribution in [0, 0.1) is 17.5 Å². The number of benzene rings is 1. The first kappa shape index (κ1) is 20.5. The highest BCUT2D eigenvalue weighted by molar-refractivity contribution is 5.98. The second-order valence-corrected chi connectivity index (χ2v) is 6.08. The quantitative estimate of drug-likeness (QED) is 0.813. The molecule has 0 aliphatic rings. The van der Waals surface area contributed by atoms with E-state index in [1.165, 1.54) is 0 Å². The van der Waals surface area contributed by atoms with Gasteiger partial charge in [-0.2, -0.15) is 0 Å². The van der Waals surface area contributed by atoms with E-state index in [0.29, 0.717) is 12.1 Å². The third-order valence-corrected chi connectivity index (χ3v) is 2.82. The van der Waals surface area contributed by atoms with Gasteiger partial charge in [0, 0.05) is 12.1 Å². The van der Waals surface area contributed by atoms with Crippen molar-refractivity contribution in [1.82, 2.24) is 5.32 Å². The molecule has 0 aliphatic carbocycles. The van der Waals surface area contributed by atoms with Crippen LogP contribution < -0.4 is 5.32 Å². The van der Waals surface area contributed by atoms with Crippen LogP contribution in [-0.4, -0.2) is 36.6 Å². The van der Waals surface area contributed by atoms with Gasteiger partial charge in [-0.05, 0) is 20.8 Å². The molecule has 1 N–H and O–H groups in total. The molecule has 138 valence electrons. The van der Waals surface area contributed by atoms with Gasteiger partial charge >= 0.3 is 11.9 Å². The maximum Gasteiger partial charge on any atom is 0.328 e. The van der Waals surface area contributed by atoms with Crippen LogP contribution in [0.1, 0.15) is 37.6 Å².